The topological polar surface area (TPSA) is 66.8 Å². The molecule has 0 amide bonds. The van der Waals surface area contributed by atoms with Gasteiger partial charge in [-0.15, -0.1) is 0 Å². The van der Waals surface area contributed by atoms with E-state index in [-0.39, 0.29) is 5.56 Å². The molecule has 25 heavy (non-hydrogen) atoms. The maximum absolute atomic E-state index is 12.7. The lowest BCUT2D eigenvalue weighted by Crippen LogP contribution is -2.36. The van der Waals surface area contributed by atoms with Crippen molar-refractivity contribution < 1.29 is 0 Å². The van der Waals surface area contributed by atoms with Gasteiger partial charge in [0.25, 0.3) is 5.56 Å². The number of rotatable bonds is 3. The van der Waals surface area contributed by atoms with E-state index >= 15 is 0 Å². The number of piperidine rings is 1. The van der Waals surface area contributed by atoms with E-state index < -0.39 is 0 Å². The van der Waals surface area contributed by atoms with Gasteiger partial charge in [-0.2, -0.15) is 5.10 Å². The standard InChI is InChI=1S/C19H23N5O/c1-13-20-18(22-21-13)15-7-5-9-24(11-15)12-16-10-14-6-3-4-8-17(14)23(2)19(16)25/h3-4,6,8,10,15H,5,7,9,11-12H2,1-2H3,(H,20,21,22). The minimum absolute atomic E-state index is 0.0922. The molecule has 1 aliphatic heterocycles. The summed E-state index contributed by atoms with van der Waals surface area (Å²) in [6.45, 7) is 4.51. The predicted molar refractivity (Wildman–Crippen MR) is 97.6 cm³/mol. The smallest absolute Gasteiger partial charge is 0.255 e. The second-order valence-corrected chi connectivity index (χ2v) is 6.95. The molecule has 1 N–H and O–H groups in total. The first-order chi connectivity index (χ1) is 12.1. The maximum atomic E-state index is 12.7. The minimum atomic E-state index is 0.0922. The molecule has 1 saturated heterocycles. The van der Waals surface area contributed by atoms with Crippen molar-refractivity contribution in [2.45, 2.75) is 32.2 Å². The molecule has 0 radical (unpaired) electrons. The van der Waals surface area contributed by atoms with Crippen LogP contribution in [0.25, 0.3) is 10.9 Å². The Bertz CT molecular complexity index is 958. The molecule has 1 atom stereocenters. The first-order valence-electron chi connectivity index (χ1n) is 8.81. The van der Waals surface area contributed by atoms with Gasteiger partial charge in [-0.25, -0.2) is 4.98 Å². The molecular weight excluding hydrogens is 314 g/mol. The molecule has 0 aliphatic carbocycles. The summed E-state index contributed by atoms with van der Waals surface area (Å²) >= 11 is 0. The van der Waals surface area contributed by atoms with Gasteiger partial charge in [-0.3, -0.25) is 14.8 Å². The zero-order valence-electron chi connectivity index (χ0n) is 14.7. The van der Waals surface area contributed by atoms with Crippen LogP contribution in [0.4, 0.5) is 0 Å². The Morgan fingerprint density at radius 1 is 1.32 bits per heavy atom. The molecule has 3 aromatic rings. The number of hydrogen-bond donors (Lipinski definition) is 1. The highest BCUT2D eigenvalue weighted by molar-refractivity contribution is 5.79. The van der Waals surface area contributed by atoms with E-state index in [1.807, 2.05) is 38.2 Å². The van der Waals surface area contributed by atoms with Crippen molar-refractivity contribution in [1.82, 2.24) is 24.6 Å². The number of aromatic amines is 1. The van der Waals surface area contributed by atoms with Crippen molar-refractivity contribution >= 4 is 10.9 Å². The number of para-hydroxylation sites is 1. The second-order valence-electron chi connectivity index (χ2n) is 6.95. The first-order valence-corrected chi connectivity index (χ1v) is 8.81. The lowest BCUT2D eigenvalue weighted by atomic mass is 9.97. The Morgan fingerprint density at radius 3 is 2.96 bits per heavy atom. The Kier molecular flexibility index (Phi) is 4.13. The number of fused-ring (bicyclic) bond motifs is 1. The predicted octanol–water partition coefficient (Wildman–Crippen LogP) is 2.34. The third-order valence-electron chi connectivity index (χ3n) is 5.09. The number of nitrogens with zero attached hydrogens (tertiary/aromatic N) is 4. The summed E-state index contributed by atoms with van der Waals surface area (Å²) in [5.41, 5.74) is 1.92. The van der Waals surface area contributed by atoms with Gasteiger partial charge in [0.05, 0.1) is 5.52 Å². The molecule has 0 saturated carbocycles. The van der Waals surface area contributed by atoms with Crippen molar-refractivity contribution in [3.8, 4) is 0 Å². The van der Waals surface area contributed by atoms with Gasteiger partial charge in [0, 0.05) is 31.6 Å². The van der Waals surface area contributed by atoms with Crippen LogP contribution in [-0.4, -0.2) is 37.7 Å². The number of pyridine rings is 1. The summed E-state index contributed by atoms with van der Waals surface area (Å²) in [5.74, 6) is 2.09. The van der Waals surface area contributed by atoms with E-state index in [1.165, 1.54) is 0 Å². The Morgan fingerprint density at radius 2 is 2.16 bits per heavy atom. The molecule has 6 heteroatoms. The molecule has 6 nitrogen and oxygen atoms in total. The van der Waals surface area contributed by atoms with Gasteiger partial charge in [0.2, 0.25) is 0 Å². The third-order valence-corrected chi connectivity index (χ3v) is 5.09. The first kappa shape index (κ1) is 16.0. The molecule has 1 aliphatic rings. The van der Waals surface area contributed by atoms with Crippen molar-refractivity contribution in [3.63, 3.8) is 0 Å². The van der Waals surface area contributed by atoms with Gasteiger partial charge in [-0.1, -0.05) is 18.2 Å². The van der Waals surface area contributed by atoms with E-state index in [4.69, 9.17) is 0 Å². The monoisotopic (exact) mass is 337 g/mol. The summed E-state index contributed by atoms with van der Waals surface area (Å²) in [5, 5.41) is 8.37. The van der Waals surface area contributed by atoms with Gasteiger partial charge < -0.3 is 4.57 Å². The number of aromatic nitrogens is 4. The van der Waals surface area contributed by atoms with Crippen LogP contribution in [0, 0.1) is 6.92 Å². The Hall–Kier alpha value is -2.47. The zero-order valence-corrected chi connectivity index (χ0v) is 14.7. The molecule has 4 rings (SSSR count). The molecule has 3 heterocycles. The highest BCUT2D eigenvalue weighted by Gasteiger charge is 2.25. The van der Waals surface area contributed by atoms with E-state index in [0.29, 0.717) is 12.5 Å². The molecular formula is C19H23N5O. The van der Waals surface area contributed by atoms with Gasteiger partial charge in [0.15, 0.2) is 5.82 Å². The van der Waals surface area contributed by atoms with Gasteiger partial charge in [-0.05, 0) is 43.8 Å². The molecule has 2 aromatic heterocycles. The van der Waals surface area contributed by atoms with Crippen LogP contribution in [0.3, 0.4) is 0 Å². The summed E-state index contributed by atoms with van der Waals surface area (Å²) in [6, 6.07) is 10.1. The average Bonchev–Trinajstić information content (AvgIpc) is 3.06. The fourth-order valence-electron chi connectivity index (χ4n) is 3.80. The average molecular weight is 337 g/mol. The minimum Gasteiger partial charge on any atom is -0.311 e. The Balaban J connectivity index is 1.58. The number of H-pyrrole nitrogens is 1. The summed E-state index contributed by atoms with van der Waals surface area (Å²) < 4.78 is 1.75. The summed E-state index contributed by atoms with van der Waals surface area (Å²) in [6.07, 6.45) is 2.20. The number of likely N-dealkylation sites (tertiary alicyclic amines) is 1. The van der Waals surface area contributed by atoms with Crippen molar-refractivity contribution in [2.75, 3.05) is 13.1 Å². The second kappa shape index (κ2) is 6.44. The van der Waals surface area contributed by atoms with Crippen LogP contribution in [0.2, 0.25) is 0 Å². The number of nitrogens with one attached hydrogen (secondary N) is 1. The molecule has 1 unspecified atom stereocenters. The summed E-state index contributed by atoms with van der Waals surface area (Å²) in [7, 11) is 1.85. The highest BCUT2D eigenvalue weighted by atomic mass is 16.1. The molecule has 1 fully saturated rings. The van der Waals surface area contributed by atoms with Gasteiger partial charge >= 0.3 is 0 Å². The molecule has 1 aromatic carbocycles. The SMILES string of the molecule is Cc1nc(C2CCCN(Cc3cc4ccccc4n(C)c3=O)C2)n[nH]1. The normalized spacial score (nSPS) is 18.7. The van der Waals surface area contributed by atoms with Crippen LogP contribution < -0.4 is 5.56 Å². The number of aryl methyl sites for hydroxylation is 2. The van der Waals surface area contributed by atoms with E-state index in [2.05, 4.69) is 26.1 Å². The van der Waals surface area contributed by atoms with Crippen molar-refractivity contribution in [2.24, 2.45) is 7.05 Å². The number of benzene rings is 1. The van der Waals surface area contributed by atoms with Gasteiger partial charge in [0.1, 0.15) is 5.82 Å². The van der Waals surface area contributed by atoms with Crippen LogP contribution in [0.5, 0.6) is 0 Å². The fraction of sp³-hybridized carbons (Fsp3) is 0.421. The van der Waals surface area contributed by atoms with Crippen LogP contribution in [0.1, 0.15) is 36.0 Å². The fourth-order valence-corrected chi connectivity index (χ4v) is 3.80. The number of hydrogen-bond acceptors (Lipinski definition) is 4. The van der Waals surface area contributed by atoms with Crippen LogP contribution in [-0.2, 0) is 13.6 Å². The molecule has 0 spiro atoms. The lowest BCUT2D eigenvalue weighted by Gasteiger charge is -2.31. The lowest BCUT2D eigenvalue weighted by molar-refractivity contribution is 0.196. The van der Waals surface area contributed by atoms with E-state index in [0.717, 1.165) is 54.0 Å². The van der Waals surface area contributed by atoms with Crippen LogP contribution >= 0.6 is 0 Å². The van der Waals surface area contributed by atoms with E-state index in [9.17, 15) is 4.79 Å². The Labute approximate surface area is 146 Å². The summed E-state index contributed by atoms with van der Waals surface area (Å²) in [4.78, 5) is 19.6. The zero-order chi connectivity index (χ0) is 17.4. The highest BCUT2D eigenvalue weighted by Crippen LogP contribution is 2.25. The quantitative estimate of drug-likeness (QED) is 0.797. The third kappa shape index (κ3) is 3.09. The maximum Gasteiger partial charge on any atom is 0.255 e. The van der Waals surface area contributed by atoms with Crippen molar-refractivity contribution in [1.29, 1.82) is 0 Å². The van der Waals surface area contributed by atoms with Crippen molar-refractivity contribution in [3.05, 3.63) is 57.9 Å². The van der Waals surface area contributed by atoms with E-state index in [1.54, 1.807) is 4.57 Å². The largest absolute Gasteiger partial charge is 0.311 e. The molecule has 130 valence electrons. The molecule has 0 bridgehead atoms. The van der Waals surface area contributed by atoms with Crippen LogP contribution in [0.15, 0.2) is 35.1 Å².